The lowest BCUT2D eigenvalue weighted by atomic mass is 10.0. The van der Waals surface area contributed by atoms with Gasteiger partial charge >= 0.3 is 0 Å². The van der Waals surface area contributed by atoms with Gasteiger partial charge in [-0.25, -0.2) is 0 Å². The topological polar surface area (TPSA) is 21.3 Å². The molecule has 1 rings (SSSR count). The Kier molecular flexibility index (Phi) is 4.90. The number of rotatable bonds is 6. The standard InChI is InChI=1S/C12H25NO/c1-11(2)6-4-8-13-10-12(3)7-5-9-14-12/h11,13H,4-10H2,1-3H3. The van der Waals surface area contributed by atoms with E-state index in [1.165, 1.54) is 25.7 Å². The van der Waals surface area contributed by atoms with Gasteiger partial charge in [-0.1, -0.05) is 13.8 Å². The second-order valence-electron chi connectivity index (χ2n) is 5.11. The predicted octanol–water partition coefficient (Wildman–Crippen LogP) is 2.58. The zero-order chi connectivity index (χ0) is 10.4. The third kappa shape index (κ3) is 4.43. The van der Waals surface area contributed by atoms with Gasteiger partial charge in [0.2, 0.25) is 0 Å². The lowest BCUT2D eigenvalue weighted by molar-refractivity contribution is 0.0210. The highest BCUT2D eigenvalue weighted by molar-refractivity contribution is 4.82. The van der Waals surface area contributed by atoms with Crippen LogP contribution in [0.3, 0.4) is 0 Å². The molecule has 1 unspecified atom stereocenters. The summed E-state index contributed by atoms with van der Waals surface area (Å²) in [5.74, 6) is 0.829. The molecule has 0 saturated carbocycles. The van der Waals surface area contributed by atoms with Gasteiger partial charge < -0.3 is 10.1 Å². The zero-order valence-corrected chi connectivity index (χ0v) is 9.94. The summed E-state index contributed by atoms with van der Waals surface area (Å²) in [5, 5.41) is 3.50. The average molecular weight is 199 g/mol. The van der Waals surface area contributed by atoms with Crippen molar-refractivity contribution in [2.75, 3.05) is 19.7 Å². The highest BCUT2D eigenvalue weighted by Gasteiger charge is 2.28. The van der Waals surface area contributed by atoms with Crippen molar-refractivity contribution < 1.29 is 4.74 Å². The largest absolute Gasteiger partial charge is 0.374 e. The average Bonchev–Trinajstić information content (AvgIpc) is 2.51. The zero-order valence-electron chi connectivity index (χ0n) is 9.94. The smallest absolute Gasteiger partial charge is 0.0779 e. The fraction of sp³-hybridized carbons (Fsp3) is 1.00. The minimum Gasteiger partial charge on any atom is -0.374 e. The van der Waals surface area contributed by atoms with E-state index in [1.54, 1.807) is 0 Å². The molecule has 1 N–H and O–H groups in total. The van der Waals surface area contributed by atoms with Crippen LogP contribution in [0.2, 0.25) is 0 Å². The van der Waals surface area contributed by atoms with E-state index in [4.69, 9.17) is 4.74 Å². The van der Waals surface area contributed by atoms with Crippen LogP contribution in [-0.4, -0.2) is 25.3 Å². The predicted molar refractivity (Wildman–Crippen MR) is 60.5 cm³/mol. The summed E-state index contributed by atoms with van der Waals surface area (Å²) in [6.45, 7) is 9.88. The molecule has 1 fully saturated rings. The van der Waals surface area contributed by atoms with Crippen LogP contribution in [0.4, 0.5) is 0 Å². The summed E-state index contributed by atoms with van der Waals surface area (Å²) in [6, 6.07) is 0. The van der Waals surface area contributed by atoms with Crippen LogP contribution in [0.1, 0.15) is 46.5 Å². The van der Waals surface area contributed by atoms with Crippen molar-refractivity contribution in [2.45, 2.75) is 52.1 Å². The molecule has 1 heterocycles. The minimum atomic E-state index is 0.123. The molecule has 0 radical (unpaired) electrons. The second-order valence-corrected chi connectivity index (χ2v) is 5.11. The Labute approximate surface area is 88.4 Å². The molecule has 1 aliphatic heterocycles. The summed E-state index contributed by atoms with van der Waals surface area (Å²) in [6.07, 6.45) is 5.05. The molecule has 0 aliphatic carbocycles. The van der Waals surface area contributed by atoms with Gasteiger partial charge in [-0.3, -0.25) is 0 Å². The highest BCUT2D eigenvalue weighted by atomic mass is 16.5. The van der Waals surface area contributed by atoms with Crippen molar-refractivity contribution in [3.05, 3.63) is 0 Å². The van der Waals surface area contributed by atoms with Crippen LogP contribution in [0.15, 0.2) is 0 Å². The normalized spacial score (nSPS) is 27.4. The lowest BCUT2D eigenvalue weighted by Gasteiger charge is -2.23. The van der Waals surface area contributed by atoms with Gasteiger partial charge in [-0.15, -0.1) is 0 Å². The Morgan fingerprint density at radius 2 is 2.21 bits per heavy atom. The molecule has 0 aromatic carbocycles. The molecular formula is C12H25NO. The van der Waals surface area contributed by atoms with E-state index < -0.39 is 0 Å². The summed E-state index contributed by atoms with van der Waals surface area (Å²) in [7, 11) is 0. The third-order valence-electron chi connectivity index (χ3n) is 2.93. The Morgan fingerprint density at radius 3 is 2.79 bits per heavy atom. The molecule has 84 valence electrons. The quantitative estimate of drug-likeness (QED) is 0.664. The van der Waals surface area contributed by atoms with Gasteiger partial charge in [-0.05, 0) is 45.1 Å². The fourth-order valence-electron chi connectivity index (χ4n) is 1.96. The maximum absolute atomic E-state index is 5.71. The van der Waals surface area contributed by atoms with Crippen molar-refractivity contribution in [3.63, 3.8) is 0 Å². The number of nitrogens with one attached hydrogen (secondary N) is 1. The van der Waals surface area contributed by atoms with Crippen LogP contribution < -0.4 is 5.32 Å². The third-order valence-corrected chi connectivity index (χ3v) is 2.93. The molecule has 2 nitrogen and oxygen atoms in total. The van der Waals surface area contributed by atoms with Crippen molar-refractivity contribution in [2.24, 2.45) is 5.92 Å². The highest BCUT2D eigenvalue weighted by Crippen LogP contribution is 2.23. The monoisotopic (exact) mass is 199 g/mol. The molecule has 1 aliphatic rings. The molecule has 0 amide bonds. The fourth-order valence-corrected chi connectivity index (χ4v) is 1.96. The first kappa shape index (κ1) is 12.0. The molecule has 1 saturated heterocycles. The van der Waals surface area contributed by atoms with E-state index in [0.717, 1.165) is 25.6 Å². The van der Waals surface area contributed by atoms with Gasteiger partial charge in [0, 0.05) is 13.2 Å². The van der Waals surface area contributed by atoms with Gasteiger partial charge in [0.25, 0.3) is 0 Å². The SMILES string of the molecule is CC(C)CCCNCC1(C)CCCO1. The van der Waals surface area contributed by atoms with E-state index in [2.05, 4.69) is 26.1 Å². The minimum absolute atomic E-state index is 0.123. The van der Waals surface area contributed by atoms with Gasteiger partial charge in [0.1, 0.15) is 0 Å². The first-order chi connectivity index (χ1) is 6.62. The van der Waals surface area contributed by atoms with Crippen LogP contribution in [-0.2, 0) is 4.74 Å². The summed E-state index contributed by atoms with van der Waals surface area (Å²) in [4.78, 5) is 0. The Hall–Kier alpha value is -0.0800. The van der Waals surface area contributed by atoms with Crippen LogP contribution in [0.5, 0.6) is 0 Å². The van der Waals surface area contributed by atoms with Crippen LogP contribution in [0, 0.1) is 5.92 Å². The van der Waals surface area contributed by atoms with E-state index in [9.17, 15) is 0 Å². The Morgan fingerprint density at radius 1 is 1.43 bits per heavy atom. The second kappa shape index (κ2) is 5.72. The molecule has 0 aromatic heterocycles. The van der Waals surface area contributed by atoms with Crippen LogP contribution in [0.25, 0.3) is 0 Å². The van der Waals surface area contributed by atoms with E-state index in [1.807, 2.05) is 0 Å². The molecule has 1 atom stereocenters. The first-order valence-corrected chi connectivity index (χ1v) is 5.97. The van der Waals surface area contributed by atoms with Crippen molar-refractivity contribution in [3.8, 4) is 0 Å². The van der Waals surface area contributed by atoms with Crippen molar-refractivity contribution in [1.29, 1.82) is 0 Å². The van der Waals surface area contributed by atoms with Gasteiger partial charge in [-0.2, -0.15) is 0 Å². The molecule has 0 aromatic rings. The Bertz CT molecular complexity index is 150. The maximum Gasteiger partial charge on any atom is 0.0779 e. The number of ether oxygens (including phenoxy) is 1. The lowest BCUT2D eigenvalue weighted by Crippen LogP contribution is -2.37. The summed E-state index contributed by atoms with van der Waals surface area (Å²) >= 11 is 0. The van der Waals surface area contributed by atoms with Crippen LogP contribution >= 0.6 is 0 Å². The van der Waals surface area contributed by atoms with E-state index >= 15 is 0 Å². The number of hydrogen-bond acceptors (Lipinski definition) is 2. The maximum atomic E-state index is 5.71. The number of hydrogen-bond donors (Lipinski definition) is 1. The summed E-state index contributed by atoms with van der Waals surface area (Å²) in [5.41, 5.74) is 0.123. The van der Waals surface area contributed by atoms with Crippen molar-refractivity contribution in [1.82, 2.24) is 5.32 Å². The van der Waals surface area contributed by atoms with E-state index in [-0.39, 0.29) is 5.60 Å². The summed E-state index contributed by atoms with van der Waals surface area (Å²) < 4.78 is 5.71. The Balaban J connectivity index is 1.98. The first-order valence-electron chi connectivity index (χ1n) is 5.97. The molecular weight excluding hydrogens is 174 g/mol. The van der Waals surface area contributed by atoms with Gasteiger partial charge in [0.05, 0.1) is 5.60 Å². The molecule has 0 spiro atoms. The molecule has 2 heteroatoms. The molecule has 14 heavy (non-hydrogen) atoms. The van der Waals surface area contributed by atoms with Gasteiger partial charge in [0.15, 0.2) is 0 Å². The van der Waals surface area contributed by atoms with Crippen molar-refractivity contribution >= 4 is 0 Å². The molecule has 0 bridgehead atoms. The van der Waals surface area contributed by atoms with E-state index in [0.29, 0.717) is 0 Å².